The molecule has 0 spiro atoms. The van der Waals surface area contributed by atoms with Gasteiger partial charge in [-0.2, -0.15) is 0 Å². The number of nitrogens with one attached hydrogen (secondary N) is 4. The summed E-state index contributed by atoms with van der Waals surface area (Å²) in [6.07, 6.45) is 1.32. The highest BCUT2D eigenvalue weighted by molar-refractivity contribution is 6.33. The maximum Gasteiger partial charge on any atom is 0.200 e. The fourth-order valence-electron chi connectivity index (χ4n) is 4.36. The van der Waals surface area contributed by atoms with Crippen molar-refractivity contribution in [2.24, 2.45) is 0 Å². The number of carbonyl (C=O) groups excluding carboxylic acids is 2. The predicted molar refractivity (Wildman–Crippen MR) is 143 cm³/mol. The van der Waals surface area contributed by atoms with Crippen LogP contribution in [0.1, 0.15) is 50.8 Å². The van der Waals surface area contributed by atoms with Crippen molar-refractivity contribution in [3.8, 4) is 5.75 Å². The van der Waals surface area contributed by atoms with Crippen LogP contribution in [0, 0.1) is 0 Å². The number of phenolic OH excluding ortho intramolecular Hbond substituents is 1. The summed E-state index contributed by atoms with van der Waals surface area (Å²) in [5, 5.41) is 41.2. The molecule has 10 heteroatoms. The van der Waals surface area contributed by atoms with Gasteiger partial charge in [-0.05, 0) is 36.6 Å². The van der Waals surface area contributed by atoms with E-state index in [-0.39, 0.29) is 47.0 Å². The maximum absolute atomic E-state index is 14.0. The molecule has 0 aliphatic heterocycles. The van der Waals surface area contributed by atoms with Crippen LogP contribution >= 0.6 is 0 Å². The van der Waals surface area contributed by atoms with Crippen LogP contribution in [0.5, 0.6) is 5.75 Å². The Morgan fingerprint density at radius 1 is 0.703 bits per heavy atom. The van der Waals surface area contributed by atoms with Crippen molar-refractivity contribution < 1.29 is 29.6 Å². The molecule has 0 radical (unpaired) electrons. The van der Waals surface area contributed by atoms with E-state index in [0.717, 1.165) is 6.42 Å². The largest absolute Gasteiger partial charge is 0.507 e. The summed E-state index contributed by atoms with van der Waals surface area (Å²) in [6.45, 7) is 6.07. The second kappa shape index (κ2) is 14.7. The summed E-state index contributed by atoms with van der Waals surface area (Å²) in [5.74, 6) is -0.954. The lowest BCUT2D eigenvalue weighted by molar-refractivity contribution is 0.0975. The van der Waals surface area contributed by atoms with Crippen molar-refractivity contribution in [3.05, 3.63) is 52.1 Å². The highest BCUT2D eigenvalue weighted by atomic mass is 16.5. The third-order valence-electron chi connectivity index (χ3n) is 6.06. The van der Waals surface area contributed by atoms with Gasteiger partial charge in [0.25, 0.3) is 0 Å². The molecule has 0 unspecified atom stereocenters. The van der Waals surface area contributed by atoms with Crippen molar-refractivity contribution in [1.82, 2.24) is 10.6 Å². The lowest BCUT2D eigenvalue weighted by Crippen LogP contribution is -2.29. The molecule has 0 atom stereocenters. The lowest BCUT2D eigenvalue weighted by atomic mass is 9.79. The fourth-order valence-corrected chi connectivity index (χ4v) is 4.36. The monoisotopic (exact) mass is 514 g/mol. The number of hydrogen-bond acceptors (Lipinski definition) is 10. The van der Waals surface area contributed by atoms with Crippen LogP contribution in [0.4, 0.5) is 11.4 Å². The van der Waals surface area contributed by atoms with Crippen LogP contribution in [0.3, 0.4) is 0 Å². The smallest absolute Gasteiger partial charge is 0.200 e. The second-order valence-electron chi connectivity index (χ2n) is 8.73. The Labute approximate surface area is 217 Å². The first-order chi connectivity index (χ1) is 18.0. The van der Waals surface area contributed by atoms with Gasteiger partial charge in [0, 0.05) is 62.8 Å². The minimum Gasteiger partial charge on any atom is -0.507 e. The summed E-state index contributed by atoms with van der Waals surface area (Å²) < 4.78 is 5.61. The highest BCUT2D eigenvalue weighted by Crippen LogP contribution is 2.40. The quantitative estimate of drug-likeness (QED) is 0.131. The first kappa shape index (κ1) is 28.5. The van der Waals surface area contributed by atoms with Gasteiger partial charge in [-0.1, -0.05) is 13.0 Å². The average molecular weight is 515 g/mol. The molecule has 0 aromatic heterocycles. The molecule has 0 amide bonds. The van der Waals surface area contributed by atoms with Gasteiger partial charge >= 0.3 is 0 Å². The number of ketones is 2. The molecule has 37 heavy (non-hydrogen) atoms. The van der Waals surface area contributed by atoms with Gasteiger partial charge in [0.1, 0.15) is 5.75 Å². The molecule has 3 rings (SSSR count). The molecule has 0 saturated heterocycles. The molecule has 0 saturated carbocycles. The molecule has 2 aromatic carbocycles. The van der Waals surface area contributed by atoms with E-state index in [1.165, 1.54) is 6.07 Å². The zero-order chi connectivity index (χ0) is 26.6. The van der Waals surface area contributed by atoms with Crippen LogP contribution < -0.4 is 21.3 Å². The average Bonchev–Trinajstić information content (AvgIpc) is 2.90. The van der Waals surface area contributed by atoms with E-state index in [1.54, 1.807) is 18.2 Å². The maximum atomic E-state index is 14.0. The number of rotatable bonds is 17. The van der Waals surface area contributed by atoms with Crippen molar-refractivity contribution in [1.29, 1.82) is 0 Å². The molecule has 0 fully saturated rings. The summed E-state index contributed by atoms with van der Waals surface area (Å²) in [4.78, 5) is 27.8. The Morgan fingerprint density at radius 2 is 1.27 bits per heavy atom. The zero-order valence-electron chi connectivity index (χ0n) is 21.4. The van der Waals surface area contributed by atoms with Crippen LogP contribution in [-0.4, -0.2) is 92.6 Å². The van der Waals surface area contributed by atoms with Gasteiger partial charge in [0.15, 0.2) is 11.6 Å². The summed E-state index contributed by atoms with van der Waals surface area (Å²) in [7, 11) is 0. The third-order valence-corrected chi connectivity index (χ3v) is 6.06. The van der Waals surface area contributed by atoms with E-state index >= 15 is 0 Å². The molecule has 1 aliphatic carbocycles. The van der Waals surface area contributed by atoms with Gasteiger partial charge < -0.3 is 41.3 Å². The van der Waals surface area contributed by atoms with Crippen molar-refractivity contribution in [3.63, 3.8) is 0 Å². The summed E-state index contributed by atoms with van der Waals surface area (Å²) in [6, 6.07) is 6.67. The highest BCUT2D eigenvalue weighted by Gasteiger charge is 2.37. The molecular formula is C27H38N4O6. The van der Waals surface area contributed by atoms with E-state index in [0.29, 0.717) is 75.8 Å². The minimum absolute atomic E-state index is 0.0220. The molecule has 10 nitrogen and oxygen atoms in total. The Kier molecular flexibility index (Phi) is 11.3. The van der Waals surface area contributed by atoms with Gasteiger partial charge in [-0.15, -0.1) is 0 Å². The van der Waals surface area contributed by atoms with Gasteiger partial charge in [0.2, 0.25) is 0 Å². The predicted octanol–water partition coefficient (Wildman–Crippen LogP) is 1.12. The number of aromatic hydroxyl groups is 1. The molecule has 0 heterocycles. The van der Waals surface area contributed by atoms with Crippen LogP contribution in [-0.2, 0) is 11.2 Å². The summed E-state index contributed by atoms with van der Waals surface area (Å²) >= 11 is 0. The SMILES string of the molecule is CCCOCCc1ccc(O)c2c1C(=O)c1c(NCCNCCO)ccc(NCCNCCO)c1C2=O. The first-order valence-corrected chi connectivity index (χ1v) is 12.8. The number of carbonyl (C=O) groups is 2. The molecule has 0 bridgehead atoms. The molecule has 7 N–H and O–H groups in total. The molecule has 202 valence electrons. The minimum atomic E-state index is -0.411. The third kappa shape index (κ3) is 7.06. The van der Waals surface area contributed by atoms with Crippen molar-refractivity contribution in [2.45, 2.75) is 19.8 Å². The second-order valence-corrected chi connectivity index (χ2v) is 8.73. The number of anilines is 2. The van der Waals surface area contributed by atoms with E-state index < -0.39 is 5.78 Å². The van der Waals surface area contributed by atoms with Gasteiger partial charge in [-0.3, -0.25) is 9.59 Å². The van der Waals surface area contributed by atoms with Crippen molar-refractivity contribution in [2.75, 3.05) is 76.3 Å². The van der Waals surface area contributed by atoms with E-state index in [4.69, 9.17) is 14.9 Å². The van der Waals surface area contributed by atoms with Gasteiger partial charge in [-0.25, -0.2) is 0 Å². The lowest BCUT2D eigenvalue weighted by Gasteiger charge is -2.26. The van der Waals surface area contributed by atoms with Gasteiger partial charge in [0.05, 0.1) is 36.5 Å². The molecular weight excluding hydrogens is 476 g/mol. The van der Waals surface area contributed by atoms with Crippen molar-refractivity contribution >= 4 is 22.9 Å². The number of aliphatic hydroxyl groups is 2. The Bertz CT molecular complexity index is 1080. The first-order valence-electron chi connectivity index (χ1n) is 12.8. The standard InChI is InChI=1S/C27H38N4O6/c1-2-16-37-17-7-18-3-6-21(34)25-22(18)26(35)23-19(30-10-8-28-12-14-32)4-5-20(24(23)27(25)36)31-11-9-29-13-15-33/h3-6,28-34H,2,7-17H2,1H3. The Hall–Kier alpha value is -3.02. The Morgan fingerprint density at radius 3 is 1.81 bits per heavy atom. The number of aliphatic hydroxyl groups excluding tert-OH is 2. The Balaban J connectivity index is 1.98. The fraction of sp³-hybridized carbons (Fsp3) is 0.481. The van der Waals surface area contributed by atoms with Crippen LogP contribution in [0.25, 0.3) is 0 Å². The number of fused-ring (bicyclic) bond motifs is 2. The normalized spacial score (nSPS) is 12.4. The number of hydrogen-bond donors (Lipinski definition) is 7. The summed E-state index contributed by atoms with van der Waals surface area (Å²) in [5.41, 5.74) is 2.44. The topological polar surface area (TPSA) is 152 Å². The zero-order valence-corrected chi connectivity index (χ0v) is 21.4. The number of ether oxygens (including phenoxy) is 1. The van der Waals surface area contributed by atoms with E-state index in [2.05, 4.69) is 21.3 Å². The van der Waals surface area contributed by atoms with Crippen LogP contribution in [0.15, 0.2) is 24.3 Å². The van der Waals surface area contributed by atoms with Crippen LogP contribution in [0.2, 0.25) is 0 Å². The number of benzene rings is 2. The number of phenols is 1. The molecule has 1 aliphatic rings. The van der Waals surface area contributed by atoms with E-state index in [1.807, 2.05) is 6.92 Å². The molecule has 2 aromatic rings. The van der Waals surface area contributed by atoms with E-state index in [9.17, 15) is 14.7 Å².